The Balaban J connectivity index is 1.72. The molecule has 0 radical (unpaired) electrons. The highest BCUT2D eigenvalue weighted by Crippen LogP contribution is 2.25. The maximum absolute atomic E-state index is 12.3. The Kier molecular flexibility index (Phi) is 3.43. The van der Waals surface area contributed by atoms with Gasteiger partial charge in [-0.2, -0.15) is 0 Å². The molecule has 0 aliphatic carbocycles. The van der Waals surface area contributed by atoms with Gasteiger partial charge in [0.2, 0.25) is 0 Å². The second-order valence-electron chi connectivity index (χ2n) is 5.63. The molecule has 6 heteroatoms. The van der Waals surface area contributed by atoms with Crippen LogP contribution in [-0.2, 0) is 4.74 Å². The van der Waals surface area contributed by atoms with Crippen LogP contribution in [0.3, 0.4) is 0 Å². The smallest absolute Gasteiger partial charge is 0.280 e. The van der Waals surface area contributed by atoms with Crippen molar-refractivity contribution in [2.75, 3.05) is 6.61 Å². The standard InChI is InChI=1S/C14H17N3O2S/c1-14(2)7-9(4-6-19-14)16-12(18)13-17-10-8-15-5-3-11(10)20-13/h3,5,8-9H,4,6-7H2,1-2H3,(H,16,18)/t9-/m1/s1. The van der Waals surface area contributed by atoms with Crippen LogP contribution in [0, 0.1) is 0 Å². The first-order valence-electron chi connectivity index (χ1n) is 6.69. The zero-order valence-electron chi connectivity index (χ0n) is 11.5. The number of carbonyl (C=O) groups is 1. The monoisotopic (exact) mass is 291 g/mol. The van der Waals surface area contributed by atoms with Gasteiger partial charge in [0.25, 0.3) is 5.91 Å². The lowest BCUT2D eigenvalue weighted by molar-refractivity contribution is -0.0615. The van der Waals surface area contributed by atoms with Crippen LogP contribution in [0.15, 0.2) is 18.5 Å². The first kappa shape index (κ1) is 13.5. The first-order valence-corrected chi connectivity index (χ1v) is 7.50. The van der Waals surface area contributed by atoms with E-state index < -0.39 is 0 Å². The summed E-state index contributed by atoms with van der Waals surface area (Å²) in [5.74, 6) is -0.103. The van der Waals surface area contributed by atoms with Crippen molar-refractivity contribution in [1.29, 1.82) is 0 Å². The second-order valence-corrected chi connectivity index (χ2v) is 6.66. The SMILES string of the molecule is CC1(C)C[C@H](NC(=O)c2nc3cnccc3s2)CCO1. The van der Waals surface area contributed by atoms with Crippen LogP contribution in [0.5, 0.6) is 0 Å². The number of hydrogen-bond acceptors (Lipinski definition) is 5. The fraction of sp³-hybridized carbons (Fsp3) is 0.500. The zero-order chi connectivity index (χ0) is 14.2. The van der Waals surface area contributed by atoms with E-state index in [9.17, 15) is 4.79 Å². The van der Waals surface area contributed by atoms with E-state index in [1.165, 1.54) is 11.3 Å². The van der Waals surface area contributed by atoms with E-state index in [1.807, 2.05) is 6.07 Å². The van der Waals surface area contributed by atoms with Gasteiger partial charge in [-0.25, -0.2) is 4.98 Å². The maximum Gasteiger partial charge on any atom is 0.280 e. The highest BCUT2D eigenvalue weighted by atomic mass is 32.1. The number of amides is 1. The van der Waals surface area contributed by atoms with E-state index in [4.69, 9.17) is 4.74 Å². The van der Waals surface area contributed by atoms with Crippen molar-refractivity contribution >= 4 is 27.5 Å². The molecule has 3 rings (SSSR count). The molecule has 20 heavy (non-hydrogen) atoms. The predicted octanol–water partition coefficient (Wildman–Crippen LogP) is 2.38. The first-order chi connectivity index (χ1) is 9.53. The van der Waals surface area contributed by atoms with Crippen molar-refractivity contribution in [2.45, 2.75) is 38.3 Å². The summed E-state index contributed by atoms with van der Waals surface area (Å²) in [6, 6.07) is 2.03. The van der Waals surface area contributed by atoms with Crippen molar-refractivity contribution < 1.29 is 9.53 Å². The lowest BCUT2D eigenvalue weighted by Crippen LogP contribution is -2.45. The number of nitrogens with one attached hydrogen (secondary N) is 1. The lowest BCUT2D eigenvalue weighted by Gasteiger charge is -2.35. The summed E-state index contributed by atoms with van der Waals surface area (Å²) in [7, 11) is 0. The van der Waals surface area contributed by atoms with Gasteiger partial charge in [-0.3, -0.25) is 9.78 Å². The number of pyridine rings is 1. The number of carbonyl (C=O) groups excluding carboxylic acids is 1. The highest BCUT2D eigenvalue weighted by Gasteiger charge is 2.30. The third-order valence-corrected chi connectivity index (χ3v) is 4.45. The molecule has 1 aliphatic rings. The van der Waals surface area contributed by atoms with Crippen LogP contribution in [0.4, 0.5) is 0 Å². The largest absolute Gasteiger partial charge is 0.375 e. The average Bonchev–Trinajstić information content (AvgIpc) is 2.81. The molecule has 5 nitrogen and oxygen atoms in total. The summed E-state index contributed by atoms with van der Waals surface area (Å²) in [5.41, 5.74) is 0.600. The molecule has 3 heterocycles. The molecule has 1 fully saturated rings. The minimum absolute atomic E-state index is 0.103. The molecule has 0 saturated carbocycles. The molecule has 1 amide bonds. The molecule has 1 saturated heterocycles. The number of hydrogen-bond donors (Lipinski definition) is 1. The van der Waals surface area contributed by atoms with Gasteiger partial charge in [0.05, 0.1) is 16.5 Å². The van der Waals surface area contributed by atoms with Gasteiger partial charge >= 0.3 is 0 Å². The molecule has 0 aromatic carbocycles. The maximum atomic E-state index is 12.3. The van der Waals surface area contributed by atoms with Gasteiger partial charge in [0.1, 0.15) is 5.52 Å². The molecule has 106 valence electrons. The Bertz CT molecular complexity index is 605. The van der Waals surface area contributed by atoms with Crippen molar-refractivity contribution in [1.82, 2.24) is 15.3 Å². The molecule has 2 aromatic heterocycles. The van der Waals surface area contributed by atoms with E-state index in [1.54, 1.807) is 12.4 Å². The van der Waals surface area contributed by atoms with Crippen molar-refractivity contribution in [3.63, 3.8) is 0 Å². The van der Waals surface area contributed by atoms with Crippen LogP contribution < -0.4 is 5.32 Å². The van der Waals surface area contributed by atoms with Gasteiger partial charge in [-0.05, 0) is 32.8 Å². The van der Waals surface area contributed by atoms with Gasteiger partial charge in [-0.15, -0.1) is 11.3 Å². The molecule has 0 unspecified atom stereocenters. The van der Waals surface area contributed by atoms with Gasteiger partial charge in [0.15, 0.2) is 5.01 Å². The number of ether oxygens (including phenoxy) is 1. The van der Waals surface area contributed by atoms with E-state index in [0.717, 1.165) is 23.1 Å². The highest BCUT2D eigenvalue weighted by molar-refractivity contribution is 7.20. The van der Waals surface area contributed by atoms with Crippen LogP contribution >= 0.6 is 11.3 Å². The fourth-order valence-corrected chi connectivity index (χ4v) is 3.32. The topological polar surface area (TPSA) is 64.1 Å². The zero-order valence-corrected chi connectivity index (χ0v) is 12.4. The van der Waals surface area contributed by atoms with Crippen LogP contribution in [0.1, 0.15) is 36.5 Å². The molecule has 0 spiro atoms. The summed E-state index contributed by atoms with van der Waals surface area (Å²) in [5, 5.41) is 3.56. The quantitative estimate of drug-likeness (QED) is 0.922. The summed E-state index contributed by atoms with van der Waals surface area (Å²) >= 11 is 1.40. The number of rotatable bonds is 2. The molecule has 2 aromatic rings. The Morgan fingerprint density at radius 3 is 3.15 bits per heavy atom. The van der Waals surface area contributed by atoms with Crippen molar-refractivity contribution in [3.05, 3.63) is 23.5 Å². The van der Waals surface area contributed by atoms with Crippen molar-refractivity contribution in [3.8, 4) is 0 Å². The number of thiazole rings is 1. The molecule has 1 atom stereocenters. The molecule has 0 bridgehead atoms. The minimum Gasteiger partial charge on any atom is -0.375 e. The summed E-state index contributed by atoms with van der Waals surface area (Å²) in [4.78, 5) is 20.6. The van der Waals surface area contributed by atoms with Gasteiger partial charge in [0, 0.05) is 18.8 Å². The predicted molar refractivity (Wildman–Crippen MR) is 77.9 cm³/mol. The Labute approximate surface area is 121 Å². The second kappa shape index (κ2) is 5.10. The molecular formula is C14H17N3O2S. The van der Waals surface area contributed by atoms with Crippen LogP contribution in [-0.4, -0.2) is 34.1 Å². The number of fused-ring (bicyclic) bond motifs is 1. The number of aromatic nitrogens is 2. The van der Waals surface area contributed by atoms with Gasteiger partial charge < -0.3 is 10.1 Å². The van der Waals surface area contributed by atoms with E-state index >= 15 is 0 Å². The lowest BCUT2D eigenvalue weighted by atomic mass is 9.94. The van der Waals surface area contributed by atoms with Crippen LogP contribution in [0.25, 0.3) is 10.2 Å². The van der Waals surface area contributed by atoms with Crippen LogP contribution in [0.2, 0.25) is 0 Å². The Morgan fingerprint density at radius 2 is 2.40 bits per heavy atom. The summed E-state index contributed by atoms with van der Waals surface area (Å²) < 4.78 is 6.64. The molecule has 1 aliphatic heterocycles. The normalized spacial score (nSPS) is 21.8. The minimum atomic E-state index is -0.173. The van der Waals surface area contributed by atoms with Gasteiger partial charge in [-0.1, -0.05) is 0 Å². The van der Waals surface area contributed by atoms with Crippen molar-refractivity contribution in [2.24, 2.45) is 0 Å². The summed E-state index contributed by atoms with van der Waals surface area (Å²) in [6.45, 7) is 4.78. The molecule has 1 N–H and O–H groups in total. The Hall–Kier alpha value is -1.53. The third kappa shape index (κ3) is 2.81. The Morgan fingerprint density at radius 1 is 1.55 bits per heavy atom. The van der Waals surface area contributed by atoms with E-state index in [0.29, 0.717) is 11.6 Å². The fourth-order valence-electron chi connectivity index (χ4n) is 2.48. The number of nitrogens with zero attached hydrogens (tertiary/aromatic N) is 2. The third-order valence-electron chi connectivity index (χ3n) is 3.42. The molecular weight excluding hydrogens is 274 g/mol. The summed E-state index contributed by atoms with van der Waals surface area (Å²) in [6.07, 6.45) is 5.07. The van der Waals surface area contributed by atoms with E-state index in [2.05, 4.69) is 29.1 Å². The van der Waals surface area contributed by atoms with E-state index in [-0.39, 0.29) is 17.6 Å². The average molecular weight is 291 g/mol.